The molecule has 0 bridgehead atoms. The van der Waals surface area contributed by atoms with E-state index in [1.54, 1.807) is 11.8 Å². The molecule has 2 aromatic heterocycles. The van der Waals surface area contributed by atoms with Crippen LogP contribution in [0.2, 0.25) is 0 Å². The van der Waals surface area contributed by atoms with Gasteiger partial charge >= 0.3 is 0 Å². The molecule has 0 aromatic carbocycles. The monoisotopic (exact) mass is 332 g/mol. The Morgan fingerprint density at radius 1 is 1.29 bits per heavy atom. The number of carbonyl (C=O) groups is 1. The Morgan fingerprint density at radius 2 is 1.96 bits per heavy atom. The third-order valence-corrected chi connectivity index (χ3v) is 4.71. The van der Waals surface area contributed by atoms with Crippen LogP contribution in [0, 0.1) is 19.8 Å². The fourth-order valence-corrected chi connectivity index (χ4v) is 2.84. The van der Waals surface area contributed by atoms with Crippen molar-refractivity contribution in [2.24, 2.45) is 13.0 Å². The van der Waals surface area contributed by atoms with Gasteiger partial charge in [0.1, 0.15) is 0 Å². The first-order valence-corrected chi connectivity index (χ1v) is 8.42. The zero-order chi connectivity index (χ0) is 18.0. The summed E-state index contributed by atoms with van der Waals surface area (Å²) in [7, 11) is 3.47. The molecule has 24 heavy (non-hydrogen) atoms. The van der Waals surface area contributed by atoms with Gasteiger partial charge in [-0.25, -0.2) is 9.67 Å². The summed E-state index contributed by atoms with van der Waals surface area (Å²) < 4.78 is 7.11. The summed E-state index contributed by atoms with van der Waals surface area (Å²) >= 11 is 0. The summed E-state index contributed by atoms with van der Waals surface area (Å²) in [6.45, 7) is 10.3. The number of pyridine rings is 1. The molecule has 132 valence electrons. The van der Waals surface area contributed by atoms with Gasteiger partial charge in [-0.05, 0) is 44.2 Å². The summed E-state index contributed by atoms with van der Waals surface area (Å²) in [6, 6.07) is 0.179. The van der Waals surface area contributed by atoms with Crippen molar-refractivity contribution in [3.63, 3.8) is 0 Å². The molecule has 1 atom stereocenters. The number of fused-ring (bicyclic) bond motifs is 1. The molecule has 0 aliphatic carbocycles. The van der Waals surface area contributed by atoms with Gasteiger partial charge in [-0.2, -0.15) is 0 Å². The number of amides is 1. The zero-order valence-electron chi connectivity index (χ0n) is 15.7. The number of rotatable bonds is 6. The Hall–Kier alpha value is -2.11. The van der Waals surface area contributed by atoms with Crippen molar-refractivity contribution in [1.29, 1.82) is 0 Å². The first-order valence-electron chi connectivity index (χ1n) is 8.42. The molecule has 2 aromatic rings. The molecule has 0 aliphatic heterocycles. The average Bonchev–Trinajstić information content (AvgIpc) is 2.83. The Morgan fingerprint density at radius 3 is 2.54 bits per heavy atom. The van der Waals surface area contributed by atoms with E-state index in [2.05, 4.69) is 29.2 Å². The van der Waals surface area contributed by atoms with Gasteiger partial charge in [0.05, 0.1) is 12.5 Å². The third-order valence-electron chi connectivity index (χ3n) is 4.71. The minimum Gasteiger partial charge on any atom is -0.479 e. The lowest BCUT2D eigenvalue weighted by molar-refractivity contribution is -0.121. The number of nitrogens with zero attached hydrogens (tertiary/aromatic N) is 3. The minimum absolute atomic E-state index is 0.0771. The average molecular weight is 332 g/mol. The number of methoxy groups -OCH3 is 1. The van der Waals surface area contributed by atoms with E-state index >= 15 is 0 Å². The summed E-state index contributed by atoms with van der Waals surface area (Å²) in [6.07, 6.45) is 1.11. The molecule has 0 spiro atoms. The van der Waals surface area contributed by atoms with Gasteiger partial charge in [-0.1, -0.05) is 13.8 Å². The molecule has 1 amide bonds. The van der Waals surface area contributed by atoms with E-state index in [9.17, 15) is 4.79 Å². The zero-order valence-corrected chi connectivity index (χ0v) is 15.7. The van der Waals surface area contributed by atoms with Crippen molar-refractivity contribution in [2.45, 2.75) is 53.5 Å². The van der Waals surface area contributed by atoms with Crippen LogP contribution in [0.15, 0.2) is 0 Å². The van der Waals surface area contributed by atoms with E-state index in [4.69, 9.17) is 4.74 Å². The number of nitrogens with one attached hydrogen (secondary N) is 1. The smallest absolute Gasteiger partial charge is 0.242 e. The van der Waals surface area contributed by atoms with Gasteiger partial charge in [0.25, 0.3) is 0 Å². The predicted molar refractivity (Wildman–Crippen MR) is 95.3 cm³/mol. The van der Waals surface area contributed by atoms with Gasteiger partial charge in [0.15, 0.2) is 5.65 Å². The number of carbonyl (C=O) groups excluding carboxylic acids is 1. The van der Waals surface area contributed by atoms with Crippen LogP contribution in [0.3, 0.4) is 0 Å². The quantitative estimate of drug-likeness (QED) is 0.883. The highest BCUT2D eigenvalue weighted by Gasteiger charge is 2.19. The van der Waals surface area contributed by atoms with Crippen molar-refractivity contribution >= 4 is 16.9 Å². The lowest BCUT2D eigenvalue weighted by Gasteiger charge is -2.18. The SMILES string of the molecule is COc1nn(C)c2nc(C)c(CCC(=O)NC(C)C(C)C)c(C)c12. The first kappa shape index (κ1) is 18.2. The van der Waals surface area contributed by atoms with Crippen LogP contribution < -0.4 is 10.1 Å². The second kappa shape index (κ2) is 7.20. The Balaban J connectivity index is 2.25. The normalized spacial score (nSPS) is 12.7. The molecule has 2 rings (SSSR count). The number of hydrogen-bond acceptors (Lipinski definition) is 4. The van der Waals surface area contributed by atoms with Crippen LogP contribution >= 0.6 is 0 Å². The number of aromatic nitrogens is 3. The number of aryl methyl sites for hydroxylation is 3. The molecule has 0 aliphatic rings. The number of hydrogen-bond donors (Lipinski definition) is 1. The molecule has 6 nitrogen and oxygen atoms in total. The summed E-state index contributed by atoms with van der Waals surface area (Å²) in [5, 5.41) is 8.34. The van der Waals surface area contributed by atoms with E-state index in [0.29, 0.717) is 24.6 Å². The maximum Gasteiger partial charge on any atom is 0.242 e. The fraction of sp³-hybridized carbons (Fsp3) is 0.611. The highest BCUT2D eigenvalue weighted by atomic mass is 16.5. The second-order valence-corrected chi connectivity index (χ2v) is 6.73. The summed E-state index contributed by atoms with van der Waals surface area (Å²) in [4.78, 5) is 16.8. The van der Waals surface area contributed by atoms with Gasteiger partial charge in [0.2, 0.25) is 11.8 Å². The lowest BCUT2D eigenvalue weighted by Crippen LogP contribution is -2.36. The predicted octanol–water partition coefficient (Wildman–Crippen LogP) is 2.69. The van der Waals surface area contributed by atoms with Crippen molar-refractivity contribution < 1.29 is 9.53 Å². The standard InChI is InChI=1S/C18H28N4O2/c1-10(2)12(4)19-15(23)9-8-14-11(3)16-17(20-13(14)5)22(6)21-18(16)24-7/h10,12H,8-9H2,1-7H3,(H,19,23). The van der Waals surface area contributed by atoms with Crippen molar-refractivity contribution in [3.8, 4) is 5.88 Å². The molecule has 1 N–H and O–H groups in total. The Labute approximate surface area is 143 Å². The van der Waals surface area contributed by atoms with Crippen LogP contribution in [0.1, 0.15) is 44.0 Å². The van der Waals surface area contributed by atoms with Gasteiger partial charge in [0, 0.05) is 25.2 Å². The lowest BCUT2D eigenvalue weighted by atomic mass is 9.99. The van der Waals surface area contributed by atoms with Gasteiger partial charge in [-0.3, -0.25) is 4.79 Å². The molecule has 0 saturated carbocycles. The third kappa shape index (κ3) is 3.52. The topological polar surface area (TPSA) is 69.0 Å². The van der Waals surface area contributed by atoms with Gasteiger partial charge < -0.3 is 10.1 Å². The van der Waals surface area contributed by atoms with Crippen LogP contribution in [-0.4, -0.2) is 33.8 Å². The van der Waals surface area contributed by atoms with Crippen LogP contribution in [0.5, 0.6) is 5.88 Å². The fourth-order valence-electron chi connectivity index (χ4n) is 2.84. The Kier molecular flexibility index (Phi) is 5.47. The second-order valence-electron chi connectivity index (χ2n) is 6.73. The van der Waals surface area contributed by atoms with E-state index in [0.717, 1.165) is 27.9 Å². The Bertz CT molecular complexity index is 749. The highest BCUT2D eigenvalue weighted by molar-refractivity contribution is 5.86. The highest BCUT2D eigenvalue weighted by Crippen LogP contribution is 2.30. The summed E-state index contributed by atoms with van der Waals surface area (Å²) in [5.41, 5.74) is 3.94. The van der Waals surface area contributed by atoms with E-state index in [1.807, 2.05) is 27.8 Å². The molecular weight excluding hydrogens is 304 g/mol. The van der Waals surface area contributed by atoms with Crippen LogP contribution in [0.25, 0.3) is 11.0 Å². The van der Waals surface area contributed by atoms with E-state index in [1.165, 1.54) is 0 Å². The molecule has 0 saturated heterocycles. The molecular formula is C18H28N4O2. The maximum absolute atomic E-state index is 12.2. The van der Waals surface area contributed by atoms with E-state index < -0.39 is 0 Å². The molecule has 0 radical (unpaired) electrons. The number of ether oxygens (including phenoxy) is 1. The summed E-state index contributed by atoms with van der Waals surface area (Å²) in [5.74, 6) is 1.08. The minimum atomic E-state index is 0.0771. The maximum atomic E-state index is 12.2. The molecule has 6 heteroatoms. The van der Waals surface area contributed by atoms with Crippen molar-refractivity contribution in [1.82, 2.24) is 20.1 Å². The van der Waals surface area contributed by atoms with Crippen molar-refractivity contribution in [2.75, 3.05) is 7.11 Å². The molecule has 0 fully saturated rings. The molecule has 1 unspecified atom stereocenters. The first-order chi connectivity index (χ1) is 11.3. The molecule has 2 heterocycles. The largest absolute Gasteiger partial charge is 0.479 e. The van der Waals surface area contributed by atoms with Crippen LogP contribution in [-0.2, 0) is 18.3 Å². The van der Waals surface area contributed by atoms with Crippen molar-refractivity contribution in [3.05, 3.63) is 16.8 Å². The van der Waals surface area contributed by atoms with E-state index in [-0.39, 0.29) is 11.9 Å². The van der Waals surface area contributed by atoms with Gasteiger partial charge in [-0.15, -0.1) is 5.10 Å². The van der Waals surface area contributed by atoms with Crippen LogP contribution in [0.4, 0.5) is 0 Å².